The number of anilines is 1. The Bertz CT molecular complexity index is 1190. The maximum Gasteiger partial charge on any atom is 0.271 e. The van der Waals surface area contributed by atoms with Gasteiger partial charge in [-0.1, -0.05) is 35.3 Å². The Morgan fingerprint density at radius 3 is 2.52 bits per heavy atom. The maximum absolute atomic E-state index is 13.7. The molecule has 10 heteroatoms. The van der Waals surface area contributed by atoms with Gasteiger partial charge >= 0.3 is 0 Å². The number of amides is 2. The van der Waals surface area contributed by atoms with Crippen molar-refractivity contribution in [2.24, 2.45) is 5.10 Å². The number of hydrazone groups is 1. The highest BCUT2D eigenvalue weighted by Crippen LogP contribution is 2.36. The first-order chi connectivity index (χ1) is 15.9. The number of carbonyl (C=O) groups excluding carboxylic acids is 2. The summed E-state index contributed by atoms with van der Waals surface area (Å²) < 4.78 is 24.4. The largest absolute Gasteiger partial charge is 0.493 e. The highest BCUT2D eigenvalue weighted by Gasteiger charge is 2.14. The minimum atomic E-state index is -0.575. The average molecular weight is 490 g/mol. The van der Waals surface area contributed by atoms with Gasteiger partial charge in [0, 0.05) is 10.6 Å². The third-order valence-corrected chi connectivity index (χ3v) is 4.77. The monoisotopic (exact) mass is 489 g/mol. The van der Waals surface area contributed by atoms with Crippen molar-refractivity contribution >= 4 is 46.9 Å². The van der Waals surface area contributed by atoms with Crippen molar-refractivity contribution in [3.63, 3.8) is 0 Å². The van der Waals surface area contributed by atoms with Gasteiger partial charge in [-0.15, -0.1) is 0 Å². The van der Waals surface area contributed by atoms with Crippen LogP contribution in [0.25, 0.3) is 0 Å². The third kappa shape index (κ3) is 6.68. The molecule has 0 spiro atoms. The van der Waals surface area contributed by atoms with E-state index in [2.05, 4.69) is 15.8 Å². The minimum Gasteiger partial charge on any atom is -0.493 e. The van der Waals surface area contributed by atoms with E-state index in [9.17, 15) is 14.0 Å². The Labute approximate surface area is 199 Å². The highest BCUT2D eigenvalue weighted by atomic mass is 35.5. The fourth-order valence-corrected chi connectivity index (χ4v) is 3.07. The molecule has 0 bridgehead atoms. The lowest BCUT2D eigenvalue weighted by atomic mass is 10.2. The summed E-state index contributed by atoms with van der Waals surface area (Å²) in [7, 11) is 1.40. The molecule has 33 heavy (non-hydrogen) atoms. The zero-order chi connectivity index (χ0) is 23.8. The fourth-order valence-electron chi connectivity index (χ4n) is 2.67. The van der Waals surface area contributed by atoms with Crippen LogP contribution in [0.4, 0.5) is 10.1 Å². The van der Waals surface area contributed by atoms with Crippen LogP contribution >= 0.6 is 23.2 Å². The average Bonchev–Trinajstić information content (AvgIpc) is 2.80. The van der Waals surface area contributed by atoms with Crippen molar-refractivity contribution in [1.29, 1.82) is 0 Å². The third-order valence-electron chi connectivity index (χ3n) is 4.23. The number of halogens is 3. The quantitative estimate of drug-likeness (QED) is 0.347. The van der Waals surface area contributed by atoms with E-state index in [1.54, 1.807) is 36.4 Å². The van der Waals surface area contributed by atoms with Crippen molar-refractivity contribution < 1.29 is 23.5 Å². The molecular formula is C23H18Cl2FN3O4. The van der Waals surface area contributed by atoms with Crippen molar-refractivity contribution in [3.8, 4) is 11.5 Å². The highest BCUT2D eigenvalue weighted by molar-refractivity contribution is 6.32. The predicted octanol–water partition coefficient (Wildman–Crippen LogP) is 4.92. The molecule has 0 fully saturated rings. The minimum absolute atomic E-state index is 0.0383. The number of methoxy groups -OCH3 is 1. The number of nitrogens with zero attached hydrogens (tertiary/aromatic N) is 1. The van der Waals surface area contributed by atoms with Gasteiger partial charge in [0.1, 0.15) is 5.82 Å². The van der Waals surface area contributed by atoms with Crippen LogP contribution < -0.4 is 20.2 Å². The summed E-state index contributed by atoms with van der Waals surface area (Å²) in [5.74, 6) is -1.18. The first-order valence-corrected chi connectivity index (χ1v) is 10.3. The summed E-state index contributed by atoms with van der Waals surface area (Å²) >= 11 is 12.1. The van der Waals surface area contributed by atoms with Gasteiger partial charge < -0.3 is 14.8 Å². The summed E-state index contributed by atoms with van der Waals surface area (Å²) in [6.07, 6.45) is 1.37. The molecule has 2 N–H and O–H groups in total. The lowest BCUT2D eigenvalue weighted by Gasteiger charge is -2.13. The number of carbonyl (C=O) groups is 2. The van der Waals surface area contributed by atoms with Gasteiger partial charge in [0.15, 0.2) is 18.1 Å². The molecule has 0 unspecified atom stereocenters. The number of rotatable bonds is 8. The van der Waals surface area contributed by atoms with Crippen LogP contribution in [0.1, 0.15) is 15.9 Å². The van der Waals surface area contributed by atoms with Crippen LogP contribution in [0.15, 0.2) is 65.8 Å². The SMILES string of the molecule is COc1cc(/C=N/NC(=O)c2ccc(Cl)cc2)cc(Cl)c1OCC(=O)Nc1ccccc1F. The molecule has 7 nitrogen and oxygen atoms in total. The van der Waals surface area contributed by atoms with E-state index in [0.717, 1.165) is 0 Å². The molecule has 0 aliphatic rings. The van der Waals surface area contributed by atoms with Gasteiger partial charge in [0.05, 0.1) is 24.0 Å². The van der Waals surface area contributed by atoms with Crippen molar-refractivity contribution in [2.75, 3.05) is 19.0 Å². The molecular weight excluding hydrogens is 472 g/mol. The van der Waals surface area contributed by atoms with Crippen molar-refractivity contribution in [1.82, 2.24) is 5.43 Å². The maximum atomic E-state index is 13.7. The fraction of sp³-hybridized carbons (Fsp3) is 0.0870. The van der Waals surface area contributed by atoms with Crippen LogP contribution in [0.3, 0.4) is 0 Å². The van der Waals surface area contributed by atoms with Crippen molar-refractivity contribution in [2.45, 2.75) is 0 Å². The molecule has 0 aromatic heterocycles. The number of benzene rings is 3. The molecule has 0 saturated carbocycles. The summed E-state index contributed by atoms with van der Waals surface area (Å²) in [6.45, 7) is -0.422. The smallest absolute Gasteiger partial charge is 0.271 e. The normalized spacial score (nSPS) is 10.7. The zero-order valence-corrected chi connectivity index (χ0v) is 18.8. The first kappa shape index (κ1) is 24.0. The second-order valence-corrected chi connectivity index (χ2v) is 7.40. The van der Waals surface area contributed by atoms with E-state index < -0.39 is 24.2 Å². The van der Waals surface area contributed by atoms with Gasteiger partial charge in [-0.05, 0) is 54.1 Å². The van der Waals surface area contributed by atoms with Crippen LogP contribution in [-0.2, 0) is 4.79 Å². The Morgan fingerprint density at radius 1 is 1.09 bits per heavy atom. The molecule has 0 heterocycles. The molecule has 0 aliphatic carbocycles. The van der Waals surface area contributed by atoms with Crippen LogP contribution in [0, 0.1) is 5.82 Å². The first-order valence-electron chi connectivity index (χ1n) is 9.51. The molecule has 2 amide bonds. The van der Waals surface area contributed by atoms with E-state index in [1.807, 2.05) is 0 Å². The summed E-state index contributed by atoms with van der Waals surface area (Å²) in [5, 5.41) is 6.98. The van der Waals surface area contributed by atoms with Crippen LogP contribution in [0.2, 0.25) is 10.0 Å². The van der Waals surface area contributed by atoms with Gasteiger partial charge in [-0.25, -0.2) is 9.82 Å². The van der Waals surface area contributed by atoms with Gasteiger partial charge in [-0.2, -0.15) is 5.10 Å². The molecule has 3 aromatic carbocycles. The molecule has 0 aliphatic heterocycles. The Hall–Kier alpha value is -3.62. The second-order valence-electron chi connectivity index (χ2n) is 6.56. The molecule has 0 radical (unpaired) electrons. The lowest BCUT2D eigenvalue weighted by molar-refractivity contribution is -0.118. The molecule has 0 saturated heterocycles. The summed E-state index contributed by atoms with van der Waals surface area (Å²) in [6, 6.07) is 15.2. The zero-order valence-electron chi connectivity index (χ0n) is 17.3. The number of hydrogen-bond acceptors (Lipinski definition) is 5. The van der Waals surface area contributed by atoms with E-state index >= 15 is 0 Å². The van der Waals surface area contributed by atoms with Crippen LogP contribution in [0.5, 0.6) is 11.5 Å². The molecule has 0 atom stereocenters. The standard InChI is InChI=1S/C23H18Cl2FN3O4/c1-32-20-11-14(12-27-29-23(31)15-6-8-16(24)9-7-15)10-17(25)22(20)33-13-21(30)28-19-5-3-2-4-18(19)26/h2-12H,13H2,1H3,(H,28,30)(H,29,31)/b27-12+. The number of nitrogens with one attached hydrogen (secondary N) is 2. The predicted molar refractivity (Wildman–Crippen MR) is 125 cm³/mol. The number of para-hydroxylation sites is 1. The van der Waals surface area contributed by atoms with Gasteiger partial charge in [-0.3, -0.25) is 9.59 Å². The molecule has 3 aromatic rings. The lowest BCUT2D eigenvalue weighted by Crippen LogP contribution is -2.21. The Kier molecular flexibility index (Phi) is 8.23. The number of hydrogen-bond donors (Lipinski definition) is 2. The van der Waals surface area contributed by atoms with E-state index in [-0.39, 0.29) is 22.2 Å². The topological polar surface area (TPSA) is 89.0 Å². The molecule has 3 rings (SSSR count). The van der Waals surface area contributed by atoms with Gasteiger partial charge in [0.2, 0.25) is 0 Å². The van der Waals surface area contributed by atoms with E-state index in [0.29, 0.717) is 16.1 Å². The Balaban J connectivity index is 1.63. The van der Waals surface area contributed by atoms with Crippen molar-refractivity contribution in [3.05, 3.63) is 87.7 Å². The number of ether oxygens (including phenoxy) is 2. The van der Waals surface area contributed by atoms with Crippen LogP contribution in [-0.4, -0.2) is 31.7 Å². The Morgan fingerprint density at radius 2 is 1.82 bits per heavy atom. The van der Waals surface area contributed by atoms with E-state index in [1.165, 1.54) is 37.6 Å². The van der Waals surface area contributed by atoms with Gasteiger partial charge in [0.25, 0.3) is 11.8 Å². The molecule has 170 valence electrons. The van der Waals surface area contributed by atoms with E-state index in [4.69, 9.17) is 32.7 Å². The second kappa shape index (κ2) is 11.3. The summed E-state index contributed by atoms with van der Waals surface area (Å²) in [5.41, 5.74) is 3.34. The summed E-state index contributed by atoms with van der Waals surface area (Å²) in [4.78, 5) is 24.2.